The number of likely N-dealkylation sites (tertiary alicyclic amines) is 1. The molecule has 2 N–H and O–H groups in total. The summed E-state index contributed by atoms with van der Waals surface area (Å²) in [4.78, 5) is 42.5. The summed E-state index contributed by atoms with van der Waals surface area (Å²) in [5.41, 5.74) is 0.250. The predicted molar refractivity (Wildman–Crippen MR) is 118 cm³/mol. The molecule has 5 atom stereocenters. The Balaban J connectivity index is 1.51. The Bertz CT molecular complexity index is 1150. The molecule has 1 spiro atoms. The molecule has 2 aromatic rings. The van der Waals surface area contributed by atoms with Crippen LogP contribution in [-0.2, 0) is 25.8 Å². The minimum atomic E-state index is -1.19. The quantitative estimate of drug-likeness (QED) is 0.499. The molecule has 0 saturated carbocycles. The van der Waals surface area contributed by atoms with Gasteiger partial charge in [0.05, 0.1) is 23.5 Å². The second-order valence-electron chi connectivity index (χ2n) is 9.07. The van der Waals surface area contributed by atoms with Gasteiger partial charge in [-0.3, -0.25) is 14.4 Å². The highest BCUT2D eigenvalue weighted by molar-refractivity contribution is 5.98. The molecule has 3 aliphatic rings. The summed E-state index contributed by atoms with van der Waals surface area (Å²) in [7, 11) is 0. The van der Waals surface area contributed by atoms with Gasteiger partial charge in [0, 0.05) is 19.7 Å². The van der Waals surface area contributed by atoms with E-state index in [-0.39, 0.29) is 38.7 Å². The van der Waals surface area contributed by atoms with Gasteiger partial charge >= 0.3 is 5.97 Å². The van der Waals surface area contributed by atoms with E-state index in [1.807, 2.05) is 24.3 Å². The maximum Gasteiger partial charge on any atom is 0.310 e. The fraction of sp³-hybridized carbons (Fsp3) is 0.522. The van der Waals surface area contributed by atoms with Gasteiger partial charge in [0.25, 0.3) is 0 Å². The maximum atomic E-state index is 14.1. The van der Waals surface area contributed by atoms with E-state index in [0.717, 1.165) is 5.52 Å². The molecule has 2 amide bonds. The number of rotatable bonds is 9. The summed E-state index contributed by atoms with van der Waals surface area (Å²) >= 11 is 0. The standard InChI is InChI=1S/C23H27N5O6/c1-2-10-26(13-28-15-7-4-3-6-14(15)24-25-28)21(31)19-23-9-8-16(34-23)17(22(32)33)18(23)20(30)27(19)11-5-12-29/h2-4,6-7,16-19,29H,1,5,8-13H2,(H,32,33)/t16-,17+,18+,19-,23+/m0/s1. The molecule has 11 heteroatoms. The topological polar surface area (TPSA) is 138 Å². The number of carbonyl (C=O) groups is 3. The van der Waals surface area contributed by atoms with E-state index >= 15 is 0 Å². The Kier molecular flexibility index (Phi) is 5.61. The Labute approximate surface area is 195 Å². The number of aliphatic hydroxyl groups excluding tert-OH is 1. The van der Waals surface area contributed by atoms with Gasteiger partial charge in [0.15, 0.2) is 0 Å². The summed E-state index contributed by atoms with van der Waals surface area (Å²) < 4.78 is 7.80. The molecule has 180 valence electrons. The van der Waals surface area contributed by atoms with E-state index in [2.05, 4.69) is 16.9 Å². The number of fused-ring (bicyclic) bond motifs is 2. The van der Waals surface area contributed by atoms with Gasteiger partial charge in [-0.2, -0.15) is 0 Å². The van der Waals surface area contributed by atoms with Gasteiger partial charge in [-0.1, -0.05) is 23.4 Å². The molecule has 0 unspecified atom stereocenters. The first-order chi connectivity index (χ1) is 16.4. The molecule has 1 aromatic heterocycles. The first kappa shape index (κ1) is 22.5. The summed E-state index contributed by atoms with van der Waals surface area (Å²) in [6.45, 7) is 4.02. The summed E-state index contributed by atoms with van der Waals surface area (Å²) in [6.07, 6.45) is 2.18. The normalized spacial score (nSPS) is 29.6. The van der Waals surface area contributed by atoms with E-state index in [1.54, 1.807) is 10.8 Å². The lowest BCUT2D eigenvalue weighted by Crippen LogP contribution is -2.56. The third-order valence-electron chi connectivity index (χ3n) is 7.26. The lowest BCUT2D eigenvalue weighted by molar-refractivity contribution is -0.151. The molecule has 0 radical (unpaired) electrons. The second kappa shape index (κ2) is 8.48. The Morgan fingerprint density at radius 1 is 1.35 bits per heavy atom. The number of hydrogen-bond acceptors (Lipinski definition) is 7. The highest BCUT2D eigenvalue weighted by Crippen LogP contribution is 2.58. The zero-order valence-electron chi connectivity index (χ0n) is 18.6. The van der Waals surface area contributed by atoms with E-state index < -0.39 is 41.5 Å². The fourth-order valence-corrected chi connectivity index (χ4v) is 5.93. The Morgan fingerprint density at radius 3 is 2.88 bits per heavy atom. The average Bonchev–Trinajstić information content (AvgIpc) is 3.56. The zero-order chi connectivity index (χ0) is 24.0. The van der Waals surface area contributed by atoms with Crippen molar-refractivity contribution in [3.63, 3.8) is 0 Å². The number of aliphatic carboxylic acids is 1. The van der Waals surface area contributed by atoms with Crippen LogP contribution in [0.3, 0.4) is 0 Å². The van der Waals surface area contributed by atoms with Crippen molar-refractivity contribution in [3.05, 3.63) is 36.9 Å². The van der Waals surface area contributed by atoms with E-state index in [1.165, 1.54) is 9.80 Å². The van der Waals surface area contributed by atoms with Gasteiger partial charge in [-0.25, -0.2) is 4.68 Å². The van der Waals surface area contributed by atoms with Crippen molar-refractivity contribution in [1.29, 1.82) is 0 Å². The molecule has 3 fully saturated rings. The van der Waals surface area contributed by atoms with Crippen LogP contribution in [0.15, 0.2) is 36.9 Å². The molecular formula is C23H27N5O6. The number of carboxylic acids is 1. The molecule has 2 bridgehead atoms. The third-order valence-corrected chi connectivity index (χ3v) is 7.26. The van der Waals surface area contributed by atoms with Crippen LogP contribution in [0.25, 0.3) is 11.0 Å². The second-order valence-corrected chi connectivity index (χ2v) is 9.07. The Hall–Kier alpha value is -3.31. The van der Waals surface area contributed by atoms with Crippen LogP contribution in [0.5, 0.6) is 0 Å². The number of aliphatic hydroxyl groups is 1. The number of para-hydroxylation sites is 1. The minimum Gasteiger partial charge on any atom is -0.481 e. The van der Waals surface area contributed by atoms with Crippen LogP contribution < -0.4 is 0 Å². The van der Waals surface area contributed by atoms with Gasteiger partial charge in [0.1, 0.15) is 23.8 Å². The number of amides is 2. The number of carboxylic acid groups (broad SMARTS) is 1. The fourth-order valence-electron chi connectivity index (χ4n) is 5.93. The maximum absolute atomic E-state index is 14.1. The summed E-state index contributed by atoms with van der Waals surface area (Å²) in [5, 5.41) is 27.5. The highest BCUT2D eigenvalue weighted by Gasteiger charge is 2.74. The monoisotopic (exact) mass is 469 g/mol. The first-order valence-corrected chi connectivity index (χ1v) is 11.4. The number of aromatic nitrogens is 3. The van der Waals surface area contributed by atoms with Crippen LogP contribution in [0.4, 0.5) is 0 Å². The van der Waals surface area contributed by atoms with Crippen molar-refractivity contribution in [2.75, 3.05) is 19.7 Å². The van der Waals surface area contributed by atoms with Crippen LogP contribution in [0, 0.1) is 11.8 Å². The minimum absolute atomic E-state index is 0.0798. The van der Waals surface area contributed by atoms with Gasteiger partial charge in [-0.05, 0) is 31.4 Å². The number of nitrogens with zero attached hydrogens (tertiary/aromatic N) is 5. The molecule has 11 nitrogen and oxygen atoms in total. The van der Waals surface area contributed by atoms with Crippen LogP contribution >= 0.6 is 0 Å². The SMILES string of the molecule is C=CCN(Cn1nnc2ccccc21)C(=O)[C@@H]1N(CCCO)C(=O)[C@H]2[C@H](C(=O)O)[C@@H]3CC[C@]12O3. The van der Waals surface area contributed by atoms with Gasteiger partial charge in [-0.15, -0.1) is 11.7 Å². The molecule has 4 heterocycles. The average molecular weight is 469 g/mol. The van der Waals surface area contributed by atoms with Crippen molar-refractivity contribution in [3.8, 4) is 0 Å². The molecule has 5 rings (SSSR count). The van der Waals surface area contributed by atoms with E-state index in [4.69, 9.17) is 4.74 Å². The van der Waals surface area contributed by atoms with Crippen molar-refractivity contribution in [1.82, 2.24) is 24.8 Å². The summed E-state index contributed by atoms with van der Waals surface area (Å²) in [6, 6.07) is 6.40. The number of hydrogen-bond donors (Lipinski definition) is 2. The third kappa shape index (κ3) is 3.22. The first-order valence-electron chi connectivity index (χ1n) is 11.4. The zero-order valence-corrected chi connectivity index (χ0v) is 18.6. The van der Waals surface area contributed by atoms with Crippen molar-refractivity contribution >= 4 is 28.8 Å². The highest BCUT2D eigenvalue weighted by atomic mass is 16.5. The van der Waals surface area contributed by atoms with Gasteiger partial charge in [0.2, 0.25) is 11.8 Å². The molecule has 1 aromatic carbocycles. The van der Waals surface area contributed by atoms with E-state index in [9.17, 15) is 24.6 Å². The molecular weight excluding hydrogens is 442 g/mol. The van der Waals surface area contributed by atoms with Crippen molar-refractivity contribution in [2.45, 2.75) is 43.7 Å². The van der Waals surface area contributed by atoms with Crippen molar-refractivity contribution < 1.29 is 29.3 Å². The molecule has 34 heavy (non-hydrogen) atoms. The predicted octanol–water partition coefficient (Wildman–Crippen LogP) is 0.245. The molecule has 3 saturated heterocycles. The smallest absolute Gasteiger partial charge is 0.310 e. The molecule has 0 aliphatic carbocycles. The molecule has 3 aliphatic heterocycles. The summed E-state index contributed by atoms with van der Waals surface area (Å²) in [5.74, 6) is -3.75. The lowest BCUT2D eigenvalue weighted by atomic mass is 9.70. The van der Waals surface area contributed by atoms with E-state index in [0.29, 0.717) is 18.4 Å². The number of benzene rings is 1. The Morgan fingerprint density at radius 2 is 2.15 bits per heavy atom. The van der Waals surface area contributed by atoms with Crippen molar-refractivity contribution in [2.24, 2.45) is 11.8 Å². The largest absolute Gasteiger partial charge is 0.481 e. The number of ether oxygens (including phenoxy) is 1. The number of carbonyl (C=O) groups excluding carboxylic acids is 2. The van der Waals surface area contributed by atoms with Crippen LogP contribution in [-0.4, -0.2) is 90.2 Å². The van der Waals surface area contributed by atoms with Crippen LogP contribution in [0.1, 0.15) is 19.3 Å². The van der Waals surface area contributed by atoms with Crippen LogP contribution in [0.2, 0.25) is 0 Å². The van der Waals surface area contributed by atoms with Gasteiger partial charge < -0.3 is 24.7 Å². The lowest BCUT2D eigenvalue weighted by Gasteiger charge is -2.36.